The second-order valence-electron chi connectivity index (χ2n) is 7.94. The molecule has 0 saturated carbocycles. The van der Waals surface area contributed by atoms with Crippen molar-refractivity contribution in [3.63, 3.8) is 0 Å². The fourth-order valence-electron chi connectivity index (χ4n) is 3.80. The molecule has 0 radical (unpaired) electrons. The molecule has 0 aromatic heterocycles. The Hall–Kier alpha value is -3.93. The molecule has 0 spiro atoms. The van der Waals surface area contributed by atoms with Gasteiger partial charge in [-0.05, 0) is 65.7 Å². The van der Waals surface area contributed by atoms with Crippen LogP contribution in [0.1, 0.15) is 11.1 Å². The maximum absolute atomic E-state index is 13.1. The number of amides is 2. The third-order valence-corrected chi connectivity index (χ3v) is 5.99. The molecule has 0 saturated heterocycles. The molecule has 0 atom stereocenters. The molecule has 0 bridgehead atoms. The first-order chi connectivity index (χ1) is 17.0. The topological polar surface area (TPSA) is 53.6 Å². The molecule has 0 aliphatic carbocycles. The molecular formula is C28H21Cl2N3O2. The molecule has 35 heavy (non-hydrogen) atoms. The largest absolute Gasteiger partial charge is 0.457 e. The number of halogens is 2. The highest BCUT2D eigenvalue weighted by molar-refractivity contribution is 6.31. The number of hydrazine groups is 1. The number of ether oxygens (including phenoxy) is 1. The highest BCUT2D eigenvalue weighted by Gasteiger charge is 2.27. The Morgan fingerprint density at radius 2 is 1.51 bits per heavy atom. The summed E-state index contributed by atoms with van der Waals surface area (Å²) in [5, 5.41) is 5.76. The van der Waals surface area contributed by atoms with Crippen molar-refractivity contribution in [2.75, 3.05) is 11.9 Å². The van der Waals surface area contributed by atoms with Gasteiger partial charge in [0.2, 0.25) is 0 Å². The average molecular weight is 502 g/mol. The summed E-state index contributed by atoms with van der Waals surface area (Å²) in [4.78, 5) is 13.1. The Kier molecular flexibility index (Phi) is 6.62. The van der Waals surface area contributed by atoms with Crippen LogP contribution in [0.25, 0.3) is 11.3 Å². The van der Waals surface area contributed by atoms with E-state index in [0.29, 0.717) is 33.8 Å². The minimum Gasteiger partial charge on any atom is -0.457 e. The lowest BCUT2D eigenvalue weighted by molar-refractivity contribution is 0.210. The standard InChI is InChI=1S/C28H21Cl2N3O2/c29-21-11-9-20(10-12-21)27-26(19-5-2-1-3-6-19)18-33(32-27)28(34)31-23-13-15-24(16-14-23)35-25-8-4-7-22(30)17-25/h1-17,32H,18H2,(H,31,34). The Bertz CT molecular complexity index is 1370. The number of hydrogen-bond acceptors (Lipinski definition) is 3. The smallest absolute Gasteiger partial charge is 0.340 e. The maximum Gasteiger partial charge on any atom is 0.340 e. The van der Waals surface area contributed by atoms with E-state index in [4.69, 9.17) is 27.9 Å². The molecule has 1 aliphatic rings. The van der Waals surface area contributed by atoms with Gasteiger partial charge in [0, 0.05) is 21.3 Å². The minimum absolute atomic E-state index is 0.272. The first kappa shape index (κ1) is 22.8. The molecule has 2 amide bonds. The van der Waals surface area contributed by atoms with Crippen LogP contribution in [0, 0.1) is 0 Å². The fraction of sp³-hybridized carbons (Fsp3) is 0.0357. The zero-order chi connectivity index (χ0) is 24.2. The molecule has 5 rings (SSSR count). The van der Waals surface area contributed by atoms with Gasteiger partial charge in [-0.1, -0.05) is 71.7 Å². The minimum atomic E-state index is -0.272. The van der Waals surface area contributed by atoms with Crippen molar-refractivity contribution in [3.05, 3.63) is 124 Å². The number of anilines is 1. The maximum atomic E-state index is 13.1. The number of hydrogen-bond donors (Lipinski definition) is 2. The first-order valence-electron chi connectivity index (χ1n) is 11.0. The van der Waals surface area contributed by atoms with Crippen molar-refractivity contribution >= 4 is 46.2 Å². The lowest BCUT2D eigenvalue weighted by Crippen LogP contribution is -2.40. The van der Waals surface area contributed by atoms with Crippen LogP contribution in [0.4, 0.5) is 10.5 Å². The summed E-state index contributed by atoms with van der Waals surface area (Å²) in [7, 11) is 0. The summed E-state index contributed by atoms with van der Waals surface area (Å²) in [6, 6.07) is 31.6. The summed E-state index contributed by atoms with van der Waals surface area (Å²) in [6.07, 6.45) is 0. The SMILES string of the molecule is O=C(Nc1ccc(Oc2cccc(Cl)c2)cc1)N1CC(c2ccccc2)=C(c2ccc(Cl)cc2)N1. The van der Waals surface area contributed by atoms with E-state index in [1.165, 1.54) is 0 Å². The molecule has 174 valence electrons. The number of carbonyl (C=O) groups is 1. The Balaban J connectivity index is 1.30. The highest BCUT2D eigenvalue weighted by Crippen LogP contribution is 2.31. The third kappa shape index (κ3) is 5.43. The zero-order valence-electron chi connectivity index (χ0n) is 18.5. The normalized spacial score (nSPS) is 12.9. The molecule has 0 fully saturated rings. The number of nitrogens with zero attached hydrogens (tertiary/aromatic N) is 1. The van der Waals surface area contributed by atoms with E-state index in [1.807, 2.05) is 66.7 Å². The van der Waals surface area contributed by atoms with Crippen LogP contribution >= 0.6 is 23.2 Å². The first-order valence-corrected chi connectivity index (χ1v) is 11.7. The zero-order valence-corrected chi connectivity index (χ0v) is 20.1. The van der Waals surface area contributed by atoms with E-state index in [-0.39, 0.29) is 6.03 Å². The van der Waals surface area contributed by atoms with Crippen molar-refractivity contribution in [1.82, 2.24) is 10.4 Å². The Morgan fingerprint density at radius 3 is 2.23 bits per heavy atom. The van der Waals surface area contributed by atoms with Gasteiger partial charge in [-0.3, -0.25) is 5.43 Å². The van der Waals surface area contributed by atoms with Gasteiger partial charge < -0.3 is 10.1 Å². The number of nitrogens with one attached hydrogen (secondary N) is 2. The Morgan fingerprint density at radius 1 is 0.771 bits per heavy atom. The number of urea groups is 1. The monoisotopic (exact) mass is 501 g/mol. The van der Waals surface area contributed by atoms with E-state index < -0.39 is 0 Å². The molecule has 1 heterocycles. The van der Waals surface area contributed by atoms with Gasteiger partial charge in [0.25, 0.3) is 0 Å². The number of benzene rings is 4. The van der Waals surface area contributed by atoms with E-state index >= 15 is 0 Å². The molecule has 1 aliphatic heterocycles. The van der Waals surface area contributed by atoms with Gasteiger partial charge in [-0.25, -0.2) is 9.80 Å². The van der Waals surface area contributed by atoms with E-state index in [2.05, 4.69) is 10.7 Å². The van der Waals surface area contributed by atoms with Gasteiger partial charge in [0.1, 0.15) is 11.5 Å². The van der Waals surface area contributed by atoms with E-state index in [9.17, 15) is 4.79 Å². The molecule has 4 aromatic carbocycles. The molecule has 4 aromatic rings. The van der Waals surface area contributed by atoms with Crippen molar-refractivity contribution in [2.45, 2.75) is 0 Å². The molecule has 2 N–H and O–H groups in total. The second-order valence-corrected chi connectivity index (χ2v) is 8.81. The predicted octanol–water partition coefficient (Wildman–Crippen LogP) is 7.71. The van der Waals surface area contributed by atoms with Crippen LogP contribution < -0.4 is 15.5 Å². The van der Waals surface area contributed by atoms with Crippen molar-refractivity contribution < 1.29 is 9.53 Å². The lowest BCUT2D eigenvalue weighted by Gasteiger charge is -2.19. The van der Waals surface area contributed by atoms with Crippen LogP contribution in [0.2, 0.25) is 10.0 Å². The van der Waals surface area contributed by atoms with Crippen LogP contribution in [-0.4, -0.2) is 17.6 Å². The summed E-state index contributed by atoms with van der Waals surface area (Å²) in [5.41, 5.74) is 7.80. The second kappa shape index (κ2) is 10.1. The number of carbonyl (C=O) groups excluding carboxylic acids is 1. The molecule has 0 unspecified atom stereocenters. The van der Waals surface area contributed by atoms with Gasteiger partial charge in [0.05, 0.1) is 12.2 Å². The van der Waals surface area contributed by atoms with E-state index in [0.717, 1.165) is 22.4 Å². The summed E-state index contributed by atoms with van der Waals surface area (Å²) >= 11 is 12.1. The highest BCUT2D eigenvalue weighted by atomic mass is 35.5. The number of rotatable bonds is 5. The Labute approximate surface area is 213 Å². The lowest BCUT2D eigenvalue weighted by atomic mass is 10.0. The van der Waals surface area contributed by atoms with Gasteiger partial charge in [0.15, 0.2) is 0 Å². The molecule has 7 heteroatoms. The van der Waals surface area contributed by atoms with Crippen LogP contribution in [0.15, 0.2) is 103 Å². The van der Waals surface area contributed by atoms with Crippen LogP contribution in [0.3, 0.4) is 0 Å². The van der Waals surface area contributed by atoms with Crippen molar-refractivity contribution in [3.8, 4) is 11.5 Å². The fourth-order valence-corrected chi connectivity index (χ4v) is 4.10. The third-order valence-electron chi connectivity index (χ3n) is 5.50. The van der Waals surface area contributed by atoms with Gasteiger partial charge in [-0.15, -0.1) is 0 Å². The van der Waals surface area contributed by atoms with Crippen molar-refractivity contribution in [2.24, 2.45) is 0 Å². The summed E-state index contributed by atoms with van der Waals surface area (Å²) < 4.78 is 5.82. The average Bonchev–Trinajstić information content (AvgIpc) is 3.32. The van der Waals surface area contributed by atoms with E-state index in [1.54, 1.807) is 41.4 Å². The van der Waals surface area contributed by atoms with Gasteiger partial charge >= 0.3 is 6.03 Å². The summed E-state index contributed by atoms with van der Waals surface area (Å²) in [6.45, 7) is 0.407. The predicted molar refractivity (Wildman–Crippen MR) is 142 cm³/mol. The summed E-state index contributed by atoms with van der Waals surface area (Å²) in [5.74, 6) is 1.28. The molecule has 5 nitrogen and oxygen atoms in total. The molecular weight excluding hydrogens is 481 g/mol. The van der Waals surface area contributed by atoms with Crippen LogP contribution in [0.5, 0.6) is 11.5 Å². The van der Waals surface area contributed by atoms with Crippen LogP contribution in [-0.2, 0) is 0 Å². The van der Waals surface area contributed by atoms with Crippen molar-refractivity contribution in [1.29, 1.82) is 0 Å². The quantitative estimate of drug-likeness (QED) is 0.294. The van der Waals surface area contributed by atoms with Gasteiger partial charge in [-0.2, -0.15) is 0 Å².